The van der Waals surface area contributed by atoms with E-state index in [1.165, 1.54) is 35.3 Å². The van der Waals surface area contributed by atoms with Gasteiger partial charge in [0.15, 0.2) is 11.4 Å². The standard InChI is InChI=1S/C23H24ClF4N5O7S/c1-21(37,23(26,27)28)30-19(35)20(36)33-7-5-22(6-8-33)11-40-17-15(41(38,39)31-22)10-32(2)16(17)18(34)29-12-3-4-14(25)13(24)9-12/h3-4,9-10,31,37H,5-8,11H2,1-2H3,(H,29,34)(H,30,35). The maximum Gasteiger partial charge on any atom is 0.436 e. The number of ether oxygens (including phenoxy) is 1. The number of anilines is 1. The molecule has 1 fully saturated rings. The number of carbonyl (C=O) groups is 3. The maximum atomic E-state index is 13.5. The molecule has 2 aliphatic rings. The molecule has 0 aliphatic carbocycles. The zero-order chi connectivity index (χ0) is 30.5. The van der Waals surface area contributed by atoms with E-state index in [0.717, 1.165) is 11.0 Å². The minimum atomic E-state index is -5.23. The Bertz CT molecular complexity index is 1520. The molecule has 1 aromatic heterocycles. The van der Waals surface area contributed by atoms with Gasteiger partial charge < -0.3 is 29.9 Å². The Kier molecular flexibility index (Phi) is 7.79. The van der Waals surface area contributed by atoms with Gasteiger partial charge in [-0.15, -0.1) is 0 Å². The van der Waals surface area contributed by atoms with Crippen molar-refractivity contribution in [2.75, 3.05) is 25.0 Å². The van der Waals surface area contributed by atoms with Crippen molar-refractivity contribution in [2.45, 2.75) is 42.1 Å². The van der Waals surface area contributed by atoms with Gasteiger partial charge in [0.05, 0.1) is 10.6 Å². The average Bonchev–Trinajstić information content (AvgIpc) is 3.16. The largest absolute Gasteiger partial charge is 0.488 e. The molecule has 41 heavy (non-hydrogen) atoms. The number of benzene rings is 1. The molecule has 2 aliphatic heterocycles. The van der Waals surface area contributed by atoms with E-state index in [2.05, 4.69) is 10.0 Å². The Morgan fingerprint density at radius 3 is 2.41 bits per heavy atom. The Hall–Kier alpha value is -3.41. The number of piperidine rings is 1. The third-order valence-electron chi connectivity index (χ3n) is 6.74. The molecule has 0 saturated carbocycles. The molecule has 1 unspecified atom stereocenters. The molecule has 224 valence electrons. The van der Waals surface area contributed by atoms with Crippen LogP contribution in [0.2, 0.25) is 5.02 Å². The highest BCUT2D eigenvalue weighted by Crippen LogP contribution is 2.37. The number of fused-ring (bicyclic) bond motifs is 1. The van der Waals surface area contributed by atoms with Crippen molar-refractivity contribution in [3.8, 4) is 5.75 Å². The number of amides is 3. The number of aryl methyl sites for hydroxylation is 1. The third-order valence-corrected chi connectivity index (χ3v) is 8.60. The van der Waals surface area contributed by atoms with Crippen molar-refractivity contribution < 1.29 is 50.2 Å². The lowest BCUT2D eigenvalue weighted by atomic mass is 9.89. The van der Waals surface area contributed by atoms with Crippen LogP contribution in [-0.2, 0) is 26.7 Å². The molecule has 2 aromatic rings. The number of likely N-dealkylation sites (tertiary alicyclic amines) is 1. The highest BCUT2D eigenvalue weighted by molar-refractivity contribution is 7.89. The van der Waals surface area contributed by atoms with Crippen LogP contribution in [0.5, 0.6) is 5.75 Å². The molecule has 1 spiro atoms. The van der Waals surface area contributed by atoms with Crippen LogP contribution in [0.4, 0.5) is 23.2 Å². The number of hydrogen-bond donors (Lipinski definition) is 4. The summed E-state index contributed by atoms with van der Waals surface area (Å²) in [5, 5.41) is 12.9. The molecular formula is C23H24ClF4N5O7S. The van der Waals surface area contributed by atoms with Crippen LogP contribution in [-0.4, -0.2) is 77.8 Å². The molecule has 12 nitrogen and oxygen atoms in total. The van der Waals surface area contributed by atoms with E-state index in [1.54, 1.807) is 0 Å². The zero-order valence-electron chi connectivity index (χ0n) is 21.4. The second-order valence-electron chi connectivity index (χ2n) is 9.86. The fraction of sp³-hybridized carbons (Fsp3) is 0.435. The number of hydrogen-bond acceptors (Lipinski definition) is 7. The van der Waals surface area contributed by atoms with Gasteiger partial charge in [-0.1, -0.05) is 11.6 Å². The molecule has 1 atom stereocenters. The molecule has 4 N–H and O–H groups in total. The van der Waals surface area contributed by atoms with Gasteiger partial charge in [-0.25, -0.2) is 17.5 Å². The summed E-state index contributed by atoms with van der Waals surface area (Å²) in [7, 11) is -2.87. The topological polar surface area (TPSA) is 159 Å². The highest BCUT2D eigenvalue weighted by atomic mass is 35.5. The van der Waals surface area contributed by atoms with E-state index >= 15 is 0 Å². The summed E-state index contributed by atoms with van der Waals surface area (Å²) in [6, 6.07) is 3.47. The Morgan fingerprint density at radius 2 is 1.83 bits per heavy atom. The van der Waals surface area contributed by atoms with Crippen LogP contribution in [0.3, 0.4) is 0 Å². The normalized spacial score (nSPS) is 19.4. The van der Waals surface area contributed by atoms with Gasteiger partial charge in [-0.05, 0) is 38.0 Å². The monoisotopic (exact) mass is 625 g/mol. The predicted octanol–water partition coefficient (Wildman–Crippen LogP) is 1.49. The number of aromatic nitrogens is 1. The number of nitrogens with one attached hydrogen (secondary N) is 3. The van der Waals surface area contributed by atoms with Crippen molar-refractivity contribution in [1.29, 1.82) is 0 Å². The summed E-state index contributed by atoms with van der Waals surface area (Å²) < 4.78 is 88.3. The second-order valence-corrected chi connectivity index (χ2v) is 11.9. The fourth-order valence-electron chi connectivity index (χ4n) is 4.39. The molecule has 1 saturated heterocycles. The SMILES string of the molecule is Cn1cc2c(c1C(=O)Nc1ccc(F)c(Cl)c1)OCC1(CCN(C(=O)C(=O)NC(C)(O)C(F)(F)F)CC1)NS2(=O)=O. The van der Waals surface area contributed by atoms with Gasteiger partial charge in [-0.3, -0.25) is 14.4 Å². The molecular weight excluding hydrogens is 602 g/mol. The number of rotatable bonds is 3. The van der Waals surface area contributed by atoms with Crippen molar-refractivity contribution >= 4 is 45.0 Å². The molecule has 0 radical (unpaired) electrons. The first-order valence-electron chi connectivity index (χ1n) is 11.9. The van der Waals surface area contributed by atoms with Gasteiger partial charge in [0.25, 0.3) is 5.91 Å². The van der Waals surface area contributed by atoms with E-state index in [-0.39, 0.29) is 66.5 Å². The first-order valence-corrected chi connectivity index (χ1v) is 13.7. The Balaban J connectivity index is 1.49. The number of halogens is 5. The fourth-order valence-corrected chi connectivity index (χ4v) is 6.21. The lowest BCUT2D eigenvalue weighted by molar-refractivity contribution is -0.263. The minimum absolute atomic E-state index is 0.0904. The van der Waals surface area contributed by atoms with Crippen LogP contribution in [0.25, 0.3) is 0 Å². The second kappa shape index (κ2) is 10.5. The van der Waals surface area contributed by atoms with E-state index in [1.807, 2.05) is 0 Å². The summed E-state index contributed by atoms with van der Waals surface area (Å²) in [4.78, 5) is 38.2. The lowest BCUT2D eigenvalue weighted by Crippen LogP contribution is -2.62. The van der Waals surface area contributed by atoms with Crippen molar-refractivity contribution in [1.82, 2.24) is 19.5 Å². The zero-order valence-corrected chi connectivity index (χ0v) is 23.0. The minimum Gasteiger partial charge on any atom is -0.488 e. The summed E-state index contributed by atoms with van der Waals surface area (Å²) >= 11 is 5.76. The molecule has 0 bridgehead atoms. The van der Waals surface area contributed by atoms with E-state index in [9.17, 15) is 45.5 Å². The first kappa shape index (κ1) is 30.5. The van der Waals surface area contributed by atoms with Gasteiger partial charge in [-0.2, -0.15) is 13.2 Å². The molecule has 1 aromatic carbocycles. The Morgan fingerprint density at radius 1 is 1.20 bits per heavy atom. The van der Waals surface area contributed by atoms with Gasteiger partial charge in [0, 0.05) is 32.0 Å². The van der Waals surface area contributed by atoms with Crippen molar-refractivity contribution in [3.63, 3.8) is 0 Å². The average molecular weight is 626 g/mol. The first-order chi connectivity index (χ1) is 18.9. The van der Waals surface area contributed by atoms with Crippen LogP contribution in [0.1, 0.15) is 30.3 Å². The quantitative estimate of drug-likeness (QED) is 0.228. The highest BCUT2D eigenvalue weighted by Gasteiger charge is 2.52. The van der Waals surface area contributed by atoms with E-state index in [4.69, 9.17) is 16.3 Å². The number of aliphatic hydroxyl groups is 1. The number of carbonyl (C=O) groups excluding carboxylic acids is 3. The summed E-state index contributed by atoms with van der Waals surface area (Å²) in [5.74, 6) is -4.76. The predicted molar refractivity (Wildman–Crippen MR) is 134 cm³/mol. The van der Waals surface area contributed by atoms with E-state index in [0.29, 0.717) is 0 Å². The smallest absolute Gasteiger partial charge is 0.436 e. The molecule has 18 heteroatoms. The van der Waals surface area contributed by atoms with E-state index < -0.39 is 51.0 Å². The van der Waals surface area contributed by atoms with Crippen LogP contribution in [0, 0.1) is 5.82 Å². The van der Waals surface area contributed by atoms with Crippen molar-refractivity contribution in [2.24, 2.45) is 7.05 Å². The van der Waals surface area contributed by atoms with Crippen molar-refractivity contribution in [3.05, 3.63) is 40.9 Å². The summed E-state index contributed by atoms with van der Waals surface area (Å²) in [6.07, 6.45) is -4.25. The Labute approximate surface area is 235 Å². The van der Waals surface area contributed by atoms with Crippen LogP contribution < -0.4 is 20.1 Å². The lowest BCUT2D eigenvalue weighted by Gasteiger charge is -2.40. The molecule has 3 heterocycles. The summed E-state index contributed by atoms with van der Waals surface area (Å²) in [5.41, 5.74) is -4.95. The van der Waals surface area contributed by atoms with Gasteiger partial charge >= 0.3 is 18.0 Å². The third kappa shape index (κ3) is 5.98. The number of alkyl halides is 3. The van der Waals surface area contributed by atoms with Gasteiger partial charge in [0.1, 0.15) is 17.3 Å². The van der Waals surface area contributed by atoms with Crippen LogP contribution >= 0.6 is 11.6 Å². The summed E-state index contributed by atoms with van der Waals surface area (Å²) in [6.45, 7) is -0.475. The molecule has 3 amide bonds. The number of sulfonamides is 1. The number of nitrogens with zero attached hydrogens (tertiary/aromatic N) is 2. The van der Waals surface area contributed by atoms with Crippen LogP contribution in [0.15, 0.2) is 29.3 Å². The van der Waals surface area contributed by atoms with Gasteiger partial charge in [0.2, 0.25) is 15.7 Å². The maximum absolute atomic E-state index is 13.5. The molecule has 4 rings (SSSR count).